The molecule has 1 aromatic rings. The van der Waals surface area contributed by atoms with Crippen molar-refractivity contribution in [2.75, 3.05) is 0 Å². The molecular weight excluding hydrogens is 498 g/mol. The highest BCUT2D eigenvalue weighted by Crippen LogP contribution is 2.70. The van der Waals surface area contributed by atoms with Crippen molar-refractivity contribution in [3.63, 3.8) is 0 Å². The molecule has 3 fully saturated rings. The van der Waals surface area contributed by atoms with Crippen LogP contribution in [0.15, 0.2) is 27.8 Å². The molecule has 0 saturated heterocycles. The number of nitriles is 1. The third kappa shape index (κ3) is 3.51. The SMILES string of the molecule is CC(C)c1noc(C23CCC4C(C(=O)C=C5C6(C)C=C(C#N)C(=O)C(C)(C)C6CCC54C)C2CC(C)(C)CC3)n1. The number of hydrogen-bond acceptors (Lipinski definition) is 6. The second kappa shape index (κ2) is 8.49. The summed E-state index contributed by atoms with van der Waals surface area (Å²) in [7, 11) is 0. The van der Waals surface area contributed by atoms with Gasteiger partial charge in [0.25, 0.3) is 0 Å². The van der Waals surface area contributed by atoms with Crippen LogP contribution in [0.25, 0.3) is 0 Å². The van der Waals surface area contributed by atoms with Crippen LogP contribution in [-0.4, -0.2) is 21.7 Å². The smallest absolute Gasteiger partial charge is 0.233 e. The van der Waals surface area contributed by atoms with Crippen molar-refractivity contribution in [1.29, 1.82) is 5.26 Å². The zero-order valence-electron chi connectivity index (χ0n) is 25.6. The predicted octanol–water partition coefficient (Wildman–Crippen LogP) is 7.27. The van der Waals surface area contributed by atoms with Gasteiger partial charge in [-0.15, -0.1) is 0 Å². The minimum atomic E-state index is -0.641. The normalized spacial score (nSPS) is 41.6. The van der Waals surface area contributed by atoms with Gasteiger partial charge in [0.15, 0.2) is 17.4 Å². The molecule has 3 saturated carbocycles. The Balaban J connectivity index is 1.49. The quantitative estimate of drug-likeness (QED) is 0.389. The molecule has 0 bridgehead atoms. The van der Waals surface area contributed by atoms with Crippen LogP contribution in [0.3, 0.4) is 0 Å². The van der Waals surface area contributed by atoms with Crippen molar-refractivity contribution < 1.29 is 14.1 Å². The van der Waals surface area contributed by atoms with Crippen LogP contribution in [-0.2, 0) is 15.0 Å². The highest BCUT2D eigenvalue weighted by atomic mass is 16.5. The standard InChI is InChI=1S/C34H45N3O3/c1-19(2)28-36-29(40-37-28)34-12-9-21-26(22(34)17-30(3,4)13-14-34)23(38)15-25-32(21,7)11-10-24-31(5,6)27(39)20(18-35)16-33(24,25)8/h15-16,19,21-22,24,26H,9-14,17H2,1-8H3. The monoisotopic (exact) mass is 543 g/mol. The van der Waals surface area contributed by atoms with E-state index in [0.29, 0.717) is 0 Å². The minimum Gasteiger partial charge on any atom is -0.339 e. The van der Waals surface area contributed by atoms with Gasteiger partial charge in [0.1, 0.15) is 6.07 Å². The largest absolute Gasteiger partial charge is 0.339 e. The van der Waals surface area contributed by atoms with E-state index in [-0.39, 0.29) is 63.0 Å². The van der Waals surface area contributed by atoms with Crippen LogP contribution in [0.2, 0.25) is 0 Å². The zero-order chi connectivity index (χ0) is 29.0. The van der Waals surface area contributed by atoms with E-state index in [9.17, 15) is 14.9 Å². The first-order valence-electron chi connectivity index (χ1n) is 15.4. The lowest BCUT2D eigenvalue weighted by Gasteiger charge is -2.64. The van der Waals surface area contributed by atoms with Crippen LogP contribution in [0.1, 0.15) is 118 Å². The van der Waals surface area contributed by atoms with Crippen molar-refractivity contribution in [1.82, 2.24) is 10.1 Å². The third-order valence-electron chi connectivity index (χ3n) is 12.5. The Morgan fingerprint density at radius 1 is 1.00 bits per heavy atom. The topological polar surface area (TPSA) is 96.9 Å². The van der Waals surface area contributed by atoms with Gasteiger partial charge in [0.2, 0.25) is 5.89 Å². The van der Waals surface area contributed by atoms with Crippen molar-refractivity contribution in [3.8, 4) is 6.07 Å². The molecule has 1 aromatic heterocycles. The molecule has 5 aliphatic rings. The summed E-state index contributed by atoms with van der Waals surface area (Å²) in [6, 6.07) is 2.20. The number of ketones is 2. The molecular formula is C34H45N3O3. The van der Waals surface area contributed by atoms with Crippen LogP contribution >= 0.6 is 0 Å². The summed E-state index contributed by atoms with van der Waals surface area (Å²) in [6.07, 6.45) is 10.7. The van der Waals surface area contributed by atoms with E-state index in [1.807, 2.05) is 26.0 Å². The van der Waals surface area contributed by atoms with Crippen molar-refractivity contribution >= 4 is 11.6 Å². The van der Waals surface area contributed by atoms with Crippen molar-refractivity contribution in [2.45, 2.75) is 112 Å². The summed E-state index contributed by atoms with van der Waals surface area (Å²) < 4.78 is 6.03. The number of aromatic nitrogens is 2. The number of hydrogen-bond donors (Lipinski definition) is 0. The van der Waals surface area contributed by atoms with Crippen molar-refractivity contribution in [2.24, 2.45) is 45.3 Å². The van der Waals surface area contributed by atoms with Gasteiger partial charge in [-0.05, 0) is 79.6 Å². The van der Waals surface area contributed by atoms with Gasteiger partial charge in [0, 0.05) is 22.7 Å². The van der Waals surface area contributed by atoms with Gasteiger partial charge in [-0.3, -0.25) is 9.59 Å². The lowest BCUT2D eigenvalue weighted by atomic mass is 9.38. The average molecular weight is 544 g/mol. The Morgan fingerprint density at radius 3 is 2.38 bits per heavy atom. The molecule has 6 rings (SSSR count). The second-order valence-corrected chi connectivity index (χ2v) is 15.9. The molecule has 6 heteroatoms. The second-order valence-electron chi connectivity index (χ2n) is 15.9. The van der Waals surface area contributed by atoms with E-state index in [1.165, 1.54) is 0 Å². The van der Waals surface area contributed by atoms with Crippen LogP contribution in [0, 0.1) is 56.7 Å². The maximum atomic E-state index is 14.5. The number of fused-ring (bicyclic) bond motifs is 7. The fraction of sp³-hybridized carbons (Fsp3) is 0.735. The Morgan fingerprint density at radius 2 is 1.73 bits per heavy atom. The van der Waals surface area contributed by atoms with E-state index in [0.717, 1.165) is 62.2 Å². The number of nitrogens with zero attached hydrogens (tertiary/aromatic N) is 3. The Hall–Kier alpha value is -2.55. The molecule has 214 valence electrons. The maximum Gasteiger partial charge on any atom is 0.233 e. The first kappa shape index (κ1) is 27.6. The van der Waals surface area contributed by atoms with Crippen LogP contribution in [0.5, 0.6) is 0 Å². The molecule has 0 amide bonds. The van der Waals surface area contributed by atoms with Gasteiger partial charge in [-0.25, -0.2) is 0 Å². The van der Waals surface area contributed by atoms with Gasteiger partial charge in [-0.2, -0.15) is 10.2 Å². The van der Waals surface area contributed by atoms with Crippen LogP contribution < -0.4 is 0 Å². The fourth-order valence-electron chi connectivity index (χ4n) is 10.3. The van der Waals surface area contributed by atoms with E-state index in [1.54, 1.807) is 0 Å². The molecule has 6 nitrogen and oxygen atoms in total. The van der Waals surface area contributed by atoms with Gasteiger partial charge in [0.05, 0.1) is 11.0 Å². The fourth-order valence-corrected chi connectivity index (χ4v) is 10.3. The predicted molar refractivity (Wildman–Crippen MR) is 152 cm³/mol. The molecule has 5 aliphatic carbocycles. The summed E-state index contributed by atoms with van der Waals surface area (Å²) >= 11 is 0. The highest BCUT2D eigenvalue weighted by Gasteiger charge is 2.66. The summed E-state index contributed by atoms with van der Waals surface area (Å²) in [4.78, 5) is 32.7. The number of allylic oxidation sites excluding steroid dienone is 4. The Labute approximate surface area is 239 Å². The minimum absolute atomic E-state index is 0.0612. The summed E-state index contributed by atoms with van der Waals surface area (Å²) in [5.41, 5.74) is -0.0154. The van der Waals surface area contributed by atoms with Gasteiger partial charge in [-0.1, -0.05) is 72.2 Å². The molecule has 0 aliphatic heterocycles. The molecule has 40 heavy (non-hydrogen) atoms. The van der Waals surface area contributed by atoms with E-state index in [2.05, 4.69) is 52.8 Å². The summed E-state index contributed by atoms with van der Waals surface area (Å²) in [5, 5.41) is 14.3. The number of carbonyl (C=O) groups excluding carboxylic acids is 2. The van der Waals surface area contributed by atoms with E-state index < -0.39 is 10.8 Å². The Bertz CT molecular complexity index is 1390. The molecule has 1 heterocycles. The number of rotatable bonds is 2. The molecule has 0 aromatic carbocycles. The highest BCUT2D eigenvalue weighted by molar-refractivity contribution is 6.04. The van der Waals surface area contributed by atoms with E-state index in [4.69, 9.17) is 9.51 Å². The van der Waals surface area contributed by atoms with Gasteiger partial charge >= 0.3 is 0 Å². The molecule has 7 atom stereocenters. The zero-order valence-corrected chi connectivity index (χ0v) is 25.6. The summed E-state index contributed by atoms with van der Waals surface area (Å²) in [6.45, 7) is 17.4. The molecule has 0 N–H and O–H groups in total. The first-order valence-corrected chi connectivity index (χ1v) is 15.4. The maximum absolute atomic E-state index is 14.5. The van der Waals surface area contributed by atoms with Gasteiger partial charge < -0.3 is 4.52 Å². The number of carbonyl (C=O) groups is 2. The number of Topliss-reactive ketones (excluding diaryl/α,β-unsaturated/α-hetero) is 1. The average Bonchev–Trinajstić information content (AvgIpc) is 3.38. The molecule has 0 spiro atoms. The Kier molecular flexibility index (Phi) is 5.86. The van der Waals surface area contributed by atoms with Crippen molar-refractivity contribution in [3.05, 3.63) is 35.0 Å². The lowest BCUT2D eigenvalue weighted by Crippen LogP contribution is -2.61. The third-order valence-corrected chi connectivity index (χ3v) is 12.5. The first-order chi connectivity index (χ1) is 18.6. The van der Waals surface area contributed by atoms with E-state index >= 15 is 0 Å². The lowest BCUT2D eigenvalue weighted by molar-refractivity contribution is -0.142. The molecule has 7 unspecified atom stereocenters. The molecule has 0 radical (unpaired) electrons. The summed E-state index contributed by atoms with van der Waals surface area (Å²) in [5.74, 6) is 2.19. The van der Waals surface area contributed by atoms with Crippen LogP contribution in [0.4, 0.5) is 0 Å².